The SMILES string of the molecule is Cc1cc(=O)oc2cc(OC[C@@H](O)CN3CCN(C)CC3)ccc12. The Morgan fingerprint density at radius 3 is 2.75 bits per heavy atom. The quantitative estimate of drug-likeness (QED) is 0.827. The van der Waals surface area contributed by atoms with E-state index in [4.69, 9.17) is 9.15 Å². The molecule has 1 saturated heterocycles. The summed E-state index contributed by atoms with van der Waals surface area (Å²) >= 11 is 0. The fourth-order valence-electron chi connectivity index (χ4n) is 2.97. The monoisotopic (exact) mass is 332 g/mol. The molecule has 0 radical (unpaired) electrons. The van der Waals surface area contributed by atoms with Crippen LogP contribution in [-0.2, 0) is 0 Å². The van der Waals surface area contributed by atoms with Crippen LogP contribution in [0.25, 0.3) is 11.0 Å². The molecule has 130 valence electrons. The number of aliphatic hydroxyl groups is 1. The van der Waals surface area contributed by atoms with Crippen LogP contribution in [0.5, 0.6) is 5.75 Å². The van der Waals surface area contributed by atoms with Crippen LogP contribution >= 0.6 is 0 Å². The van der Waals surface area contributed by atoms with Gasteiger partial charge in [0.05, 0.1) is 0 Å². The van der Waals surface area contributed by atoms with E-state index < -0.39 is 6.10 Å². The molecule has 0 bridgehead atoms. The van der Waals surface area contributed by atoms with E-state index in [-0.39, 0.29) is 12.2 Å². The van der Waals surface area contributed by atoms with Crippen molar-refractivity contribution in [2.24, 2.45) is 0 Å². The van der Waals surface area contributed by atoms with Crippen molar-refractivity contribution in [3.05, 3.63) is 40.2 Å². The third-order valence-corrected chi connectivity index (χ3v) is 4.43. The molecule has 6 nitrogen and oxygen atoms in total. The lowest BCUT2D eigenvalue weighted by atomic mass is 10.1. The van der Waals surface area contributed by atoms with Gasteiger partial charge in [0.15, 0.2) is 0 Å². The standard InChI is InChI=1S/C18H24N2O4/c1-13-9-18(22)24-17-10-15(3-4-16(13)17)23-12-14(21)11-20-7-5-19(2)6-8-20/h3-4,9-10,14,21H,5-8,11-12H2,1-2H3/t14-/m0/s1. The Kier molecular flexibility index (Phi) is 5.18. The highest BCUT2D eigenvalue weighted by atomic mass is 16.5. The van der Waals surface area contributed by atoms with Crippen molar-refractivity contribution >= 4 is 11.0 Å². The Balaban J connectivity index is 1.58. The molecule has 24 heavy (non-hydrogen) atoms. The van der Waals surface area contributed by atoms with Gasteiger partial charge in [-0.3, -0.25) is 4.90 Å². The molecule has 1 N–H and O–H groups in total. The zero-order chi connectivity index (χ0) is 17.1. The summed E-state index contributed by atoms with van der Waals surface area (Å²) in [5.74, 6) is 0.591. The van der Waals surface area contributed by atoms with Gasteiger partial charge in [0, 0.05) is 50.2 Å². The van der Waals surface area contributed by atoms with Gasteiger partial charge < -0.3 is 19.2 Å². The van der Waals surface area contributed by atoms with Crippen molar-refractivity contribution in [3.8, 4) is 5.75 Å². The van der Waals surface area contributed by atoms with Crippen molar-refractivity contribution in [3.63, 3.8) is 0 Å². The summed E-state index contributed by atoms with van der Waals surface area (Å²) < 4.78 is 10.9. The van der Waals surface area contributed by atoms with Gasteiger partial charge >= 0.3 is 5.63 Å². The van der Waals surface area contributed by atoms with Crippen molar-refractivity contribution in [1.29, 1.82) is 0 Å². The first-order valence-corrected chi connectivity index (χ1v) is 8.27. The Labute approximate surface area is 141 Å². The van der Waals surface area contributed by atoms with Crippen molar-refractivity contribution in [2.75, 3.05) is 46.4 Å². The second-order valence-corrected chi connectivity index (χ2v) is 6.48. The van der Waals surface area contributed by atoms with E-state index in [9.17, 15) is 9.90 Å². The number of hydrogen-bond acceptors (Lipinski definition) is 6. The average molecular weight is 332 g/mol. The number of rotatable bonds is 5. The van der Waals surface area contributed by atoms with Gasteiger partial charge in [0.25, 0.3) is 0 Å². The molecule has 1 fully saturated rings. The molecule has 1 aliphatic rings. The second-order valence-electron chi connectivity index (χ2n) is 6.48. The molecular formula is C18H24N2O4. The molecule has 0 saturated carbocycles. The molecule has 3 rings (SSSR count). The van der Waals surface area contributed by atoms with Gasteiger partial charge in [0.1, 0.15) is 24.0 Å². The minimum atomic E-state index is -0.548. The smallest absolute Gasteiger partial charge is 0.336 e. The largest absolute Gasteiger partial charge is 0.491 e. The van der Waals surface area contributed by atoms with Gasteiger partial charge in [-0.1, -0.05) is 0 Å². The van der Waals surface area contributed by atoms with E-state index in [0.717, 1.165) is 37.1 Å². The van der Waals surface area contributed by atoms with Crippen molar-refractivity contribution in [2.45, 2.75) is 13.0 Å². The molecule has 2 aromatic rings. The lowest BCUT2D eigenvalue weighted by Gasteiger charge is -2.33. The summed E-state index contributed by atoms with van der Waals surface area (Å²) in [6, 6.07) is 6.88. The first-order valence-electron chi connectivity index (χ1n) is 8.27. The molecule has 0 unspecified atom stereocenters. The van der Waals surface area contributed by atoms with Crippen LogP contribution in [0.2, 0.25) is 0 Å². The second kappa shape index (κ2) is 7.34. The topological polar surface area (TPSA) is 66.2 Å². The van der Waals surface area contributed by atoms with E-state index in [1.54, 1.807) is 6.07 Å². The molecule has 1 aromatic heterocycles. The number of β-amino-alcohol motifs (C(OH)–C–C–N with tert-alkyl or cyclic N) is 1. The number of aliphatic hydroxyl groups excluding tert-OH is 1. The summed E-state index contributed by atoms with van der Waals surface area (Å²) in [7, 11) is 2.11. The lowest BCUT2D eigenvalue weighted by molar-refractivity contribution is 0.0505. The van der Waals surface area contributed by atoms with Crippen LogP contribution < -0.4 is 10.4 Å². The molecule has 1 aliphatic heterocycles. The van der Waals surface area contributed by atoms with Crippen LogP contribution in [0.15, 0.2) is 33.5 Å². The van der Waals surface area contributed by atoms with E-state index in [2.05, 4.69) is 16.8 Å². The first-order chi connectivity index (χ1) is 11.5. The number of piperazine rings is 1. The summed E-state index contributed by atoms with van der Waals surface area (Å²) in [4.78, 5) is 16.0. The molecule has 0 spiro atoms. The average Bonchev–Trinajstić information content (AvgIpc) is 2.54. The number of nitrogens with zero attached hydrogens (tertiary/aromatic N) is 2. The molecule has 2 heterocycles. The highest BCUT2D eigenvalue weighted by Crippen LogP contribution is 2.22. The number of likely N-dealkylation sites (N-methyl/N-ethyl adjacent to an activating group) is 1. The Morgan fingerprint density at radius 1 is 1.25 bits per heavy atom. The van der Waals surface area contributed by atoms with Gasteiger partial charge in [-0.25, -0.2) is 4.79 Å². The summed E-state index contributed by atoms with van der Waals surface area (Å²) in [5.41, 5.74) is 1.02. The Morgan fingerprint density at radius 2 is 2.00 bits per heavy atom. The van der Waals surface area contributed by atoms with Crippen LogP contribution in [-0.4, -0.2) is 67.4 Å². The number of ether oxygens (including phenoxy) is 1. The number of aryl methyl sites for hydroxylation is 1. The predicted octanol–water partition coefficient (Wildman–Crippen LogP) is 1.09. The minimum absolute atomic E-state index is 0.216. The maximum Gasteiger partial charge on any atom is 0.336 e. The normalized spacial score (nSPS) is 18.0. The van der Waals surface area contributed by atoms with Crippen LogP contribution in [0.4, 0.5) is 0 Å². The number of fused-ring (bicyclic) bond motifs is 1. The summed E-state index contributed by atoms with van der Waals surface area (Å²) in [6.45, 7) is 6.68. The van der Waals surface area contributed by atoms with Gasteiger partial charge in [-0.05, 0) is 31.7 Å². The molecular weight excluding hydrogens is 308 g/mol. The highest BCUT2D eigenvalue weighted by Gasteiger charge is 2.17. The van der Waals surface area contributed by atoms with Crippen molar-refractivity contribution in [1.82, 2.24) is 9.80 Å². The maximum atomic E-state index is 11.5. The predicted molar refractivity (Wildman–Crippen MR) is 92.7 cm³/mol. The zero-order valence-electron chi connectivity index (χ0n) is 14.2. The van der Waals surface area contributed by atoms with E-state index in [0.29, 0.717) is 17.9 Å². The fraction of sp³-hybridized carbons (Fsp3) is 0.500. The molecule has 1 aromatic carbocycles. The highest BCUT2D eigenvalue weighted by molar-refractivity contribution is 5.81. The first kappa shape index (κ1) is 17.0. The molecule has 1 atom stereocenters. The van der Waals surface area contributed by atoms with E-state index >= 15 is 0 Å². The summed E-state index contributed by atoms with van der Waals surface area (Å²) in [6.07, 6.45) is -0.548. The Hall–Kier alpha value is -1.89. The fourth-order valence-corrected chi connectivity index (χ4v) is 2.97. The van der Waals surface area contributed by atoms with Gasteiger partial charge in [-0.2, -0.15) is 0 Å². The third kappa shape index (κ3) is 4.14. The zero-order valence-corrected chi connectivity index (χ0v) is 14.2. The number of benzene rings is 1. The third-order valence-electron chi connectivity index (χ3n) is 4.43. The van der Waals surface area contributed by atoms with Crippen LogP contribution in [0, 0.1) is 6.92 Å². The van der Waals surface area contributed by atoms with Gasteiger partial charge in [0.2, 0.25) is 0 Å². The molecule has 0 aliphatic carbocycles. The lowest BCUT2D eigenvalue weighted by Crippen LogP contribution is -2.47. The molecule has 0 amide bonds. The minimum Gasteiger partial charge on any atom is -0.491 e. The Bertz CT molecular complexity index is 750. The van der Waals surface area contributed by atoms with Gasteiger partial charge in [-0.15, -0.1) is 0 Å². The van der Waals surface area contributed by atoms with E-state index in [1.165, 1.54) is 6.07 Å². The maximum absolute atomic E-state index is 11.5. The number of hydrogen-bond donors (Lipinski definition) is 1. The summed E-state index contributed by atoms with van der Waals surface area (Å²) in [5, 5.41) is 11.1. The van der Waals surface area contributed by atoms with Crippen LogP contribution in [0.3, 0.4) is 0 Å². The van der Waals surface area contributed by atoms with Crippen LogP contribution in [0.1, 0.15) is 5.56 Å². The van der Waals surface area contributed by atoms with Crippen molar-refractivity contribution < 1.29 is 14.3 Å². The molecule has 6 heteroatoms. The van der Waals surface area contributed by atoms with E-state index in [1.807, 2.05) is 19.1 Å².